The van der Waals surface area contributed by atoms with Crippen molar-refractivity contribution in [3.63, 3.8) is 0 Å². The first-order valence-electron chi connectivity index (χ1n) is 8.15. The van der Waals surface area contributed by atoms with Gasteiger partial charge in [0.1, 0.15) is 11.6 Å². The number of hydrogen-bond donors (Lipinski definition) is 1. The second kappa shape index (κ2) is 8.73. The molecular formula is C17H24N4O2S. The second-order valence-corrected chi connectivity index (χ2v) is 6.42. The van der Waals surface area contributed by atoms with E-state index >= 15 is 0 Å². The van der Waals surface area contributed by atoms with Gasteiger partial charge in [-0.25, -0.2) is 0 Å². The van der Waals surface area contributed by atoms with E-state index in [0.717, 1.165) is 17.4 Å². The second-order valence-electron chi connectivity index (χ2n) is 5.48. The lowest BCUT2D eigenvalue weighted by atomic mass is 10.3. The first kappa shape index (κ1) is 18.3. The molecule has 130 valence electrons. The molecule has 0 saturated heterocycles. The van der Waals surface area contributed by atoms with E-state index in [0.29, 0.717) is 18.0 Å². The molecule has 0 bridgehead atoms. The molecule has 1 heterocycles. The molecule has 7 heteroatoms. The van der Waals surface area contributed by atoms with Gasteiger partial charge in [0.05, 0.1) is 18.0 Å². The van der Waals surface area contributed by atoms with Crippen molar-refractivity contribution in [1.29, 1.82) is 0 Å². The van der Waals surface area contributed by atoms with Crippen LogP contribution in [0.2, 0.25) is 0 Å². The fourth-order valence-corrected chi connectivity index (χ4v) is 3.22. The van der Waals surface area contributed by atoms with E-state index in [1.807, 2.05) is 31.2 Å². The Hall–Kier alpha value is -2.02. The third-order valence-electron chi connectivity index (χ3n) is 3.36. The molecule has 6 nitrogen and oxygen atoms in total. The van der Waals surface area contributed by atoms with Crippen LogP contribution < -0.4 is 10.1 Å². The van der Waals surface area contributed by atoms with Crippen LogP contribution in [0.1, 0.15) is 39.6 Å². The number of aromatic nitrogens is 3. The Bertz CT molecular complexity index is 685. The SMILES string of the molecule is CCOc1ccccc1NC(=O)CSc1nnc(CC)n1C(C)C. The summed E-state index contributed by atoms with van der Waals surface area (Å²) in [6.07, 6.45) is 0.819. The molecule has 1 aromatic carbocycles. The van der Waals surface area contributed by atoms with Crippen molar-refractivity contribution in [3.05, 3.63) is 30.1 Å². The number of rotatable bonds is 8. The summed E-state index contributed by atoms with van der Waals surface area (Å²) in [6, 6.07) is 7.69. The van der Waals surface area contributed by atoms with Crippen molar-refractivity contribution in [2.45, 2.75) is 45.3 Å². The van der Waals surface area contributed by atoms with Crippen LogP contribution in [0.25, 0.3) is 0 Å². The first-order chi connectivity index (χ1) is 11.6. The zero-order valence-corrected chi connectivity index (χ0v) is 15.4. The van der Waals surface area contributed by atoms with E-state index in [2.05, 4.69) is 40.9 Å². The number of thioether (sulfide) groups is 1. The predicted octanol–water partition coefficient (Wildman–Crippen LogP) is 3.55. The Morgan fingerprint density at radius 1 is 1.29 bits per heavy atom. The van der Waals surface area contributed by atoms with Crippen LogP contribution in [0.5, 0.6) is 5.75 Å². The van der Waals surface area contributed by atoms with Gasteiger partial charge >= 0.3 is 0 Å². The van der Waals surface area contributed by atoms with Crippen LogP contribution in [-0.2, 0) is 11.2 Å². The van der Waals surface area contributed by atoms with E-state index in [1.54, 1.807) is 0 Å². The molecule has 2 rings (SSSR count). The van der Waals surface area contributed by atoms with Crippen molar-refractivity contribution in [2.24, 2.45) is 0 Å². The summed E-state index contributed by atoms with van der Waals surface area (Å²) < 4.78 is 7.60. The third kappa shape index (κ3) is 4.50. The van der Waals surface area contributed by atoms with Crippen LogP contribution in [0, 0.1) is 0 Å². The van der Waals surface area contributed by atoms with Crippen LogP contribution in [0.4, 0.5) is 5.69 Å². The van der Waals surface area contributed by atoms with Gasteiger partial charge in [-0.3, -0.25) is 4.79 Å². The Morgan fingerprint density at radius 3 is 2.71 bits per heavy atom. The maximum atomic E-state index is 12.3. The zero-order valence-electron chi connectivity index (χ0n) is 14.6. The number of amides is 1. The number of nitrogens with zero attached hydrogens (tertiary/aromatic N) is 3. The maximum absolute atomic E-state index is 12.3. The van der Waals surface area contributed by atoms with E-state index in [9.17, 15) is 4.79 Å². The zero-order chi connectivity index (χ0) is 17.5. The third-order valence-corrected chi connectivity index (χ3v) is 4.30. The number of carbonyl (C=O) groups is 1. The molecule has 1 N–H and O–H groups in total. The summed E-state index contributed by atoms with van der Waals surface area (Å²) in [7, 11) is 0. The van der Waals surface area contributed by atoms with Crippen molar-refractivity contribution >= 4 is 23.4 Å². The molecule has 0 radical (unpaired) electrons. The largest absolute Gasteiger partial charge is 0.492 e. The highest BCUT2D eigenvalue weighted by atomic mass is 32.2. The molecule has 2 aromatic rings. The van der Waals surface area contributed by atoms with Gasteiger partial charge in [0.25, 0.3) is 0 Å². The Kier molecular flexibility index (Phi) is 6.66. The van der Waals surface area contributed by atoms with E-state index in [-0.39, 0.29) is 17.7 Å². The highest BCUT2D eigenvalue weighted by Gasteiger charge is 2.16. The predicted molar refractivity (Wildman–Crippen MR) is 96.7 cm³/mol. The monoisotopic (exact) mass is 348 g/mol. The van der Waals surface area contributed by atoms with Crippen molar-refractivity contribution < 1.29 is 9.53 Å². The number of nitrogens with one attached hydrogen (secondary N) is 1. The number of hydrogen-bond acceptors (Lipinski definition) is 5. The number of para-hydroxylation sites is 2. The topological polar surface area (TPSA) is 69.0 Å². The van der Waals surface area contributed by atoms with Gasteiger partial charge in [0.15, 0.2) is 5.16 Å². The molecular weight excluding hydrogens is 324 g/mol. The minimum Gasteiger partial charge on any atom is -0.492 e. The smallest absolute Gasteiger partial charge is 0.234 e. The standard InChI is InChI=1S/C17H24N4O2S/c1-5-15-19-20-17(21(15)12(3)4)24-11-16(22)18-13-9-7-8-10-14(13)23-6-2/h7-10,12H,5-6,11H2,1-4H3,(H,18,22). The van der Waals surface area contributed by atoms with Crippen LogP contribution in [-0.4, -0.2) is 33.0 Å². The van der Waals surface area contributed by atoms with Crippen LogP contribution in [0.3, 0.4) is 0 Å². The molecule has 0 aliphatic carbocycles. The number of benzene rings is 1. The van der Waals surface area contributed by atoms with Gasteiger partial charge in [0.2, 0.25) is 5.91 Å². The molecule has 0 spiro atoms. The van der Waals surface area contributed by atoms with E-state index in [4.69, 9.17) is 4.74 Å². The fourth-order valence-electron chi connectivity index (χ4n) is 2.33. The van der Waals surface area contributed by atoms with Gasteiger partial charge in [-0.1, -0.05) is 30.8 Å². The lowest BCUT2D eigenvalue weighted by molar-refractivity contribution is -0.113. The summed E-state index contributed by atoms with van der Waals surface area (Å²) in [5, 5.41) is 12.1. The van der Waals surface area contributed by atoms with Gasteiger partial charge in [-0.2, -0.15) is 0 Å². The first-order valence-corrected chi connectivity index (χ1v) is 9.13. The molecule has 1 amide bonds. The molecule has 0 saturated carbocycles. The minimum absolute atomic E-state index is 0.0940. The van der Waals surface area contributed by atoms with Gasteiger partial charge in [-0.15, -0.1) is 10.2 Å². The summed E-state index contributed by atoms with van der Waals surface area (Å²) in [5.74, 6) is 1.80. The average molecular weight is 348 g/mol. The van der Waals surface area contributed by atoms with Crippen LogP contribution >= 0.6 is 11.8 Å². The fraction of sp³-hybridized carbons (Fsp3) is 0.471. The number of carbonyl (C=O) groups excluding carboxylic acids is 1. The molecule has 0 unspecified atom stereocenters. The lowest BCUT2D eigenvalue weighted by Crippen LogP contribution is -2.16. The quantitative estimate of drug-likeness (QED) is 0.739. The molecule has 24 heavy (non-hydrogen) atoms. The highest BCUT2D eigenvalue weighted by Crippen LogP contribution is 2.25. The van der Waals surface area contributed by atoms with Crippen molar-refractivity contribution in [1.82, 2.24) is 14.8 Å². The summed E-state index contributed by atoms with van der Waals surface area (Å²) in [4.78, 5) is 12.3. The van der Waals surface area contributed by atoms with Gasteiger partial charge in [0, 0.05) is 12.5 Å². The molecule has 0 fully saturated rings. The Morgan fingerprint density at radius 2 is 2.04 bits per heavy atom. The number of ether oxygens (including phenoxy) is 1. The van der Waals surface area contributed by atoms with E-state index in [1.165, 1.54) is 11.8 Å². The Balaban J connectivity index is 2.01. The maximum Gasteiger partial charge on any atom is 0.234 e. The lowest BCUT2D eigenvalue weighted by Gasteiger charge is -2.13. The molecule has 0 atom stereocenters. The molecule has 0 aliphatic rings. The molecule has 1 aromatic heterocycles. The number of anilines is 1. The summed E-state index contributed by atoms with van der Waals surface area (Å²) in [6.45, 7) is 8.70. The van der Waals surface area contributed by atoms with Crippen molar-refractivity contribution in [2.75, 3.05) is 17.7 Å². The van der Waals surface area contributed by atoms with Gasteiger partial charge in [-0.05, 0) is 32.9 Å². The van der Waals surface area contributed by atoms with Gasteiger partial charge < -0.3 is 14.6 Å². The minimum atomic E-state index is -0.0940. The average Bonchev–Trinajstić information content (AvgIpc) is 2.98. The van der Waals surface area contributed by atoms with Crippen LogP contribution in [0.15, 0.2) is 29.4 Å². The number of aryl methyl sites for hydroxylation is 1. The summed E-state index contributed by atoms with van der Waals surface area (Å²) >= 11 is 1.39. The van der Waals surface area contributed by atoms with E-state index < -0.39 is 0 Å². The highest BCUT2D eigenvalue weighted by molar-refractivity contribution is 7.99. The summed E-state index contributed by atoms with van der Waals surface area (Å²) in [5.41, 5.74) is 0.685. The Labute approximate surface area is 147 Å². The van der Waals surface area contributed by atoms with Crippen molar-refractivity contribution in [3.8, 4) is 5.75 Å². The molecule has 0 aliphatic heterocycles. The normalized spacial score (nSPS) is 10.9.